The van der Waals surface area contributed by atoms with E-state index in [1.54, 1.807) is 12.1 Å². The highest BCUT2D eigenvalue weighted by Gasteiger charge is 2.40. The lowest BCUT2D eigenvalue weighted by Crippen LogP contribution is -2.59. The van der Waals surface area contributed by atoms with Gasteiger partial charge in [-0.25, -0.2) is 4.79 Å². The van der Waals surface area contributed by atoms with E-state index in [0.29, 0.717) is 22.0 Å². The minimum atomic E-state index is -1.33. The molecule has 1 aliphatic rings. The number of non-ortho nitro benzene ring substituents is 1. The zero-order valence-corrected chi connectivity index (χ0v) is 18.1. The highest BCUT2D eigenvalue weighted by molar-refractivity contribution is 6.41. The number of rotatable bonds is 7. The normalized spacial score (nSPS) is 14.9. The zero-order chi connectivity index (χ0) is 24.4. The molecule has 3 aromatic rings. The van der Waals surface area contributed by atoms with Gasteiger partial charge < -0.3 is 14.9 Å². The number of aromatic nitrogens is 4. The zero-order valence-electron chi connectivity index (χ0n) is 17.3. The second-order valence-corrected chi connectivity index (χ2v) is 7.76. The molecule has 1 N–H and O–H groups in total. The number of nitro groups is 1. The van der Waals surface area contributed by atoms with E-state index < -0.39 is 28.7 Å². The molecule has 0 spiro atoms. The Labute approximate surface area is 196 Å². The molecule has 34 heavy (non-hydrogen) atoms. The molecule has 13 nitrogen and oxygen atoms in total. The molecule has 0 saturated carbocycles. The first-order valence-electron chi connectivity index (χ1n) is 9.88. The van der Waals surface area contributed by atoms with Crippen molar-refractivity contribution >= 4 is 40.8 Å². The van der Waals surface area contributed by atoms with E-state index in [4.69, 9.17) is 11.6 Å². The predicted molar refractivity (Wildman–Crippen MR) is 116 cm³/mol. The van der Waals surface area contributed by atoms with Crippen LogP contribution in [0.2, 0.25) is 5.02 Å². The number of piperazine rings is 1. The van der Waals surface area contributed by atoms with Crippen molar-refractivity contribution in [1.29, 1.82) is 0 Å². The highest BCUT2D eigenvalue weighted by atomic mass is 35.5. The average molecular weight is 486 g/mol. The Balaban J connectivity index is 1.58. The van der Waals surface area contributed by atoms with Crippen molar-refractivity contribution in [3.05, 3.63) is 69.5 Å². The van der Waals surface area contributed by atoms with Crippen molar-refractivity contribution < 1.29 is 24.4 Å². The van der Waals surface area contributed by atoms with Crippen LogP contribution in [0.5, 0.6) is 0 Å². The van der Waals surface area contributed by atoms with E-state index in [9.17, 15) is 29.6 Å². The lowest BCUT2D eigenvalue weighted by molar-refractivity contribution is -0.384. The SMILES string of the molecule is O=C(O)[C@H](Cc1ccc([N+](=O)[O-])cc1)N1CCN(c2cc(Cl)ccc2-n2cnnn2)C(=O)C1=O. The molecule has 1 fully saturated rings. The summed E-state index contributed by atoms with van der Waals surface area (Å²) in [6.45, 7) is -0.0554. The molecule has 2 heterocycles. The maximum Gasteiger partial charge on any atom is 0.326 e. The van der Waals surface area contributed by atoms with Crippen molar-refractivity contribution in [3.63, 3.8) is 0 Å². The maximum absolute atomic E-state index is 13.0. The van der Waals surface area contributed by atoms with E-state index in [-0.39, 0.29) is 25.2 Å². The van der Waals surface area contributed by atoms with Gasteiger partial charge in [0.2, 0.25) is 0 Å². The molecular formula is C20H16ClN7O6. The number of carbonyl (C=O) groups is 3. The van der Waals surface area contributed by atoms with Crippen LogP contribution in [-0.4, -0.2) is 72.1 Å². The van der Waals surface area contributed by atoms with Gasteiger partial charge in [-0.2, -0.15) is 4.68 Å². The van der Waals surface area contributed by atoms with Crippen molar-refractivity contribution in [2.24, 2.45) is 0 Å². The van der Waals surface area contributed by atoms with E-state index in [0.717, 1.165) is 4.90 Å². The largest absolute Gasteiger partial charge is 0.480 e. The standard InChI is InChI=1S/C20H16ClN7O6/c21-13-3-6-15(27-11-22-23-24-27)16(10-13)25-7-8-26(19(30)18(25)29)17(20(31)32)9-12-1-4-14(5-2-12)28(33)34/h1-6,10-11,17H,7-9H2,(H,31,32)/t17-/m0/s1. The lowest BCUT2D eigenvalue weighted by atomic mass is 10.0. The molecule has 1 aliphatic heterocycles. The summed E-state index contributed by atoms with van der Waals surface area (Å²) in [5.41, 5.74) is 1.02. The number of aliphatic carboxylic acids is 1. The molecule has 14 heteroatoms. The van der Waals surface area contributed by atoms with Gasteiger partial charge in [0, 0.05) is 36.7 Å². The molecule has 1 atom stereocenters. The molecule has 1 saturated heterocycles. The summed E-state index contributed by atoms with van der Waals surface area (Å²) in [7, 11) is 0. The van der Waals surface area contributed by atoms with Crippen LogP contribution in [0.1, 0.15) is 5.56 Å². The third-order valence-electron chi connectivity index (χ3n) is 5.32. The van der Waals surface area contributed by atoms with Gasteiger partial charge in [0.25, 0.3) is 5.69 Å². The van der Waals surface area contributed by atoms with Crippen molar-refractivity contribution in [1.82, 2.24) is 25.1 Å². The topological polar surface area (TPSA) is 165 Å². The number of carboxylic acids is 1. The number of halogens is 1. The quantitative estimate of drug-likeness (QED) is 0.293. The second kappa shape index (κ2) is 9.23. The van der Waals surface area contributed by atoms with Gasteiger partial charge in [-0.05, 0) is 34.2 Å². The number of carboxylic acid groups (broad SMARTS) is 1. The first kappa shape index (κ1) is 22.8. The molecule has 4 rings (SSSR count). The Morgan fingerprint density at radius 1 is 1.12 bits per heavy atom. The Morgan fingerprint density at radius 2 is 1.85 bits per heavy atom. The Kier molecular flexibility index (Phi) is 6.19. The van der Waals surface area contributed by atoms with Crippen LogP contribution < -0.4 is 4.90 Å². The van der Waals surface area contributed by atoms with E-state index >= 15 is 0 Å². The summed E-state index contributed by atoms with van der Waals surface area (Å²) in [4.78, 5) is 50.4. The summed E-state index contributed by atoms with van der Waals surface area (Å²) in [6, 6.07) is 8.66. The molecule has 0 bridgehead atoms. The molecule has 1 aromatic heterocycles. The summed E-state index contributed by atoms with van der Waals surface area (Å²) in [5.74, 6) is -3.23. The number of carbonyl (C=O) groups excluding carboxylic acids is 2. The second-order valence-electron chi connectivity index (χ2n) is 7.32. The molecule has 174 valence electrons. The molecule has 2 aromatic carbocycles. The number of hydrogen-bond donors (Lipinski definition) is 1. The number of anilines is 1. The van der Waals surface area contributed by atoms with Crippen molar-refractivity contribution in [2.45, 2.75) is 12.5 Å². The Morgan fingerprint density at radius 3 is 2.47 bits per heavy atom. The fourth-order valence-corrected chi connectivity index (χ4v) is 3.83. The van der Waals surface area contributed by atoms with Gasteiger partial charge in [-0.1, -0.05) is 23.7 Å². The van der Waals surface area contributed by atoms with Crippen LogP contribution in [0.3, 0.4) is 0 Å². The maximum atomic E-state index is 13.0. The number of hydrogen-bond acceptors (Lipinski definition) is 8. The van der Waals surface area contributed by atoms with Crippen molar-refractivity contribution in [2.75, 3.05) is 18.0 Å². The smallest absolute Gasteiger partial charge is 0.326 e. The van der Waals surface area contributed by atoms with Gasteiger partial charge >= 0.3 is 17.8 Å². The molecule has 2 amide bonds. The fraction of sp³-hybridized carbons (Fsp3) is 0.200. The Bertz CT molecular complexity index is 1260. The first-order chi connectivity index (χ1) is 16.3. The monoisotopic (exact) mass is 485 g/mol. The summed E-state index contributed by atoms with van der Waals surface area (Å²) >= 11 is 6.11. The molecular weight excluding hydrogens is 470 g/mol. The third-order valence-corrected chi connectivity index (χ3v) is 5.55. The summed E-state index contributed by atoms with van der Waals surface area (Å²) < 4.78 is 1.31. The van der Waals surface area contributed by atoms with Crippen LogP contribution in [0.4, 0.5) is 11.4 Å². The van der Waals surface area contributed by atoms with Gasteiger partial charge in [0.1, 0.15) is 12.4 Å². The van der Waals surface area contributed by atoms with Gasteiger partial charge in [-0.15, -0.1) is 5.10 Å². The van der Waals surface area contributed by atoms with Crippen LogP contribution in [0.15, 0.2) is 48.8 Å². The van der Waals surface area contributed by atoms with Crippen LogP contribution in [-0.2, 0) is 20.8 Å². The van der Waals surface area contributed by atoms with Gasteiger partial charge in [-0.3, -0.25) is 19.7 Å². The minimum Gasteiger partial charge on any atom is -0.480 e. The van der Waals surface area contributed by atoms with Crippen LogP contribution in [0, 0.1) is 10.1 Å². The van der Waals surface area contributed by atoms with Crippen LogP contribution in [0.25, 0.3) is 5.69 Å². The van der Waals surface area contributed by atoms with E-state index in [2.05, 4.69) is 15.5 Å². The first-order valence-corrected chi connectivity index (χ1v) is 10.3. The van der Waals surface area contributed by atoms with Crippen LogP contribution >= 0.6 is 11.6 Å². The van der Waals surface area contributed by atoms with Gasteiger partial charge in [0.15, 0.2) is 0 Å². The van der Waals surface area contributed by atoms with Gasteiger partial charge in [0.05, 0.1) is 16.3 Å². The highest BCUT2D eigenvalue weighted by Crippen LogP contribution is 2.29. The van der Waals surface area contributed by atoms with E-state index in [1.165, 1.54) is 46.2 Å². The van der Waals surface area contributed by atoms with Crippen molar-refractivity contribution in [3.8, 4) is 5.69 Å². The molecule has 0 unspecified atom stereocenters. The van der Waals surface area contributed by atoms with E-state index in [1.807, 2.05) is 0 Å². The fourth-order valence-electron chi connectivity index (χ4n) is 3.66. The predicted octanol–water partition coefficient (Wildman–Crippen LogP) is 1.09. The summed E-state index contributed by atoms with van der Waals surface area (Å²) in [6.07, 6.45) is 1.19. The lowest BCUT2D eigenvalue weighted by Gasteiger charge is -2.37. The third kappa shape index (κ3) is 4.41. The summed E-state index contributed by atoms with van der Waals surface area (Å²) in [5, 5.41) is 31.8. The number of nitrogens with zero attached hydrogens (tertiary/aromatic N) is 7. The number of amides is 2. The average Bonchev–Trinajstić information content (AvgIpc) is 3.34. The number of tetrazole rings is 1. The minimum absolute atomic E-state index is 0.00405. The number of benzene rings is 2. The Hall–Kier alpha value is -4.39. The molecule has 0 aliphatic carbocycles. The molecule has 0 radical (unpaired) electrons. The number of nitro benzene ring substituents is 1.